The molecule has 8 heteroatoms. The number of benzene rings is 2. The Bertz CT molecular complexity index is 983. The van der Waals surface area contributed by atoms with Crippen LogP contribution >= 0.6 is 0 Å². The number of halogens is 1. The second-order valence-electron chi connectivity index (χ2n) is 7.69. The topological polar surface area (TPSA) is 85.7 Å². The smallest absolute Gasteiger partial charge is 0.410 e. The molecule has 0 unspecified atom stereocenters. The maximum atomic E-state index is 13.8. The van der Waals surface area contributed by atoms with Gasteiger partial charge in [-0.15, -0.1) is 0 Å². The normalized spacial score (nSPS) is 23.6. The predicted octanol–water partition coefficient (Wildman–Crippen LogP) is 3.89. The average Bonchev–Trinajstić information content (AvgIpc) is 2.96. The van der Waals surface area contributed by atoms with Crippen LogP contribution in [0.1, 0.15) is 25.3 Å². The number of nitrogens with zero attached hydrogens (tertiary/aromatic N) is 2. The number of hydrogen-bond donors (Lipinski definition) is 2. The van der Waals surface area contributed by atoms with Gasteiger partial charge in [-0.2, -0.15) is 0 Å². The Labute approximate surface area is 173 Å². The SMILES string of the molecule is C[C@H]1C[C@@]2(CCN1C(=O)OCc1ccccc1)C(=N)NC(=O)N2c1cccc(F)c1. The minimum Gasteiger partial charge on any atom is -0.445 e. The quantitative estimate of drug-likeness (QED) is 0.805. The van der Waals surface area contributed by atoms with Crippen LogP contribution in [0.15, 0.2) is 54.6 Å². The van der Waals surface area contributed by atoms with E-state index in [1.165, 1.54) is 23.1 Å². The van der Waals surface area contributed by atoms with Gasteiger partial charge in [-0.3, -0.25) is 15.6 Å². The Balaban J connectivity index is 1.50. The maximum absolute atomic E-state index is 13.8. The van der Waals surface area contributed by atoms with Crippen molar-refractivity contribution in [1.29, 1.82) is 5.41 Å². The van der Waals surface area contributed by atoms with Gasteiger partial charge in [0.05, 0.1) is 0 Å². The van der Waals surface area contributed by atoms with Crippen molar-refractivity contribution in [3.05, 3.63) is 66.0 Å². The van der Waals surface area contributed by atoms with E-state index in [9.17, 15) is 14.0 Å². The maximum Gasteiger partial charge on any atom is 0.410 e. The highest BCUT2D eigenvalue weighted by Crippen LogP contribution is 2.39. The number of piperidine rings is 1. The summed E-state index contributed by atoms with van der Waals surface area (Å²) in [5.41, 5.74) is 0.347. The molecule has 0 aromatic heterocycles. The lowest BCUT2D eigenvalue weighted by Crippen LogP contribution is -2.60. The van der Waals surface area contributed by atoms with E-state index in [2.05, 4.69) is 5.32 Å². The monoisotopic (exact) mass is 410 g/mol. The lowest BCUT2D eigenvalue weighted by Gasteiger charge is -2.46. The molecule has 0 bridgehead atoms. The molecular formula is C22H23FN4O3. The van der Waals surface area contributed by atoms with Crippen LogP contribution in [0.5, 0.6) is 0 Å². The van der Waals surface area contributed by atoms with Crippen molar-refractivity contribution in [1.82, 2.24) is 10.2 Å². The summed E-state index contributed by atoms with van der Waals surface area (Å²) in [7, 11) is 0. The second-order valence-corrected chi connectivity index (χ2v) is 7.69. The second kappa shape index (κ2) is 7.78. The molecule has 2 aromatic carbocycles. The number of carbonyl (C=O) groups excluding carboxylic acids is 2. The van der Waals surface area contributed by atoms with E-state index in [-0.39, 0.29) is 18.5 Å². The Morgan fingerprint density at radius 2 is 2.03 bits per heavy atom. The van der Waals surface area contributed by atoms with Gasteiger partial charge < -0.3 is 9.64 Å². The summed E-state index contributed by atoms with van der Waals surface area (Å²) in [5.74, 6) is -0.384. The number of rotatable bonds is 3. The first kappa shape index (κ1) is 19.9. The molecule has 4 rings (SSSR count). The summed E-state index contributed by atoms with van der Waals surface area (Å²) in [6.45, 7) is 2.36. The van der Waals surface area contributed by atoms with Gasteiger partial charge in [0.2, 0.25) is 0 Å². The number of urea groups is 1. The largest absolute Gasteiger partial charge is 0.445 e. The fourth-order valence-corrected chi connectivity index (χ4v) is 4.30. The van der Waals surface area contributed by atoms with Crippen molar-refractivity contribution in [2.45, 2.75) is 38.0 Å². The standard InChI is InChI=1S/C22H23FN4O3/c1-15-13-22(10-11-26(15)21(29)30-14-16-6-3-2-4-7-16)19(24)25-20(28)27(22)18-9-5-8-17(23)12-18/h2-9,12,15H,10-11,13-14H2,1H3,(H2,24,25,28)/t15-,22-/m0/s1. The predicted molar refractivity (Wildman–Crippen MR) is 110 cm³/mol. The first-order chi connectivity index (χ1) is 14.4. The van der Waals surface area contributed by atoms with Crippen molar-refractivity contribution < 1.29 is 18.7 Å². The molecule has 0 radical (unpaired) electrons. The molecule has 2 heterocycles. The van der Waals surface area contributed by atoms with Crippen molar-refractivity contribution in [2.24, 2.45) is 0 Å². The van der Waals surface area contributed by atoms with Gasteiger partial charge in [-0.05, 0) is 43.5 Å². The van der Waals surface area contributed by atoms with Crippen LogP contribution in [-0.4, -0.2) is 41.0 Å². The number of ether oxygens (including phenoxy) is 1. The summed E-state index contributed by atoms with van der Waals surface area (Å²) < 4.78 is 19.2. The first-order valence-electron chi connectivity index (χ1n) is 9.84. The summed E-state index contributed by atoms with van der Waals surface area (Å²) in [4.78, 5) is 28.3. The number of nitrogens with one attached hydrogen (secondary N) is 2. The molecule has 2 aromatic rings. The molecule has 156 valence electrons. The van der Waals surface area contributed by atoms with Crippen molar-refractivity contribution in [2.75, 3.05) is 11.4 Å². The number of amides is 3. The highest BCUT2D eigenvalue weighted by atomic mass is 19.1. The van der Waals surface area contributed by atoms with Gasteiger partial charge in [0.1, 0.15) is 23.8 Å². The highest BCUT2D eigenvalue weighted by Gasteiger charge is 2.54. The number of carbonyl (C=O) groups is 2. The molecule has 3 amide bonds. The van der Waals surface area contributed by atoms with Crippen LogP contribution in [0.25, 0.3) is 0 Å². The van der Waals surface area contributed by atoms with Gasteiger partial charge >= 0.3 is 12.1 Å². The summed E-state index contributed by atoms with van der Waals surface area (Å²) in [6, 6.07) is 14.5. The molecule has 2 atom stereocenters. The van der Waals surface area contributed by atoms with Crippen LogP contribution < -0.4 is 10.2 Å². The summed E-state index contributed by atoms with van der Waals surface area (Å²) in [6.07, 6.45) is 0.273. The third kappa shape index (κ3) is 3.49. The lowest BCUT2D eigenvalue weighted by molar-refractivity contribution is 0.0645. The van der Waals surface area contributed by atoms with Crippen LogP contribution in [0.2, 0.25) is 0 Å². The molecule has 2 aliphatic rings. The number of amidine groups is 1. The molecule has 7 nitrogen and oxygen atoms in total. The van der Waals surface area contributed by atoms with Crippen molar-refractivity contribution >= 4 is 23.6 Å². The van der Waals surface area contributed by atoms with Gasteiger partial charge in [0.25, 0.3) is 0 Å². The van der Waals surface area contributed by atoms with E-state index < -0.39 is 23.5 Å². The van der Waals surface area contributed by atoms with Crippen LogP contribution in [0, 0.1) is 11.2 Å². The molecule has 0 saturated carbocycles. The van der Waals surface area contributed by atoms with Crippen LogP contribution in [0.4, 0.5) is 19.7 Å². The number of hydrogen-bond acceptors (Lipinski definition) is 4. The zero-order valence-corrected chi connectivity index (χ0v) is 16.6. The van der Waals surface area contributed by atoms with Gasteiger partial charge in [-0.25, -0.2) is 14.0 Å². The lowest BCUT2D eigenvalue weighted by atomic mass is 9.81. The van der Waals surface area contributed by atoms with E-state index in [1.54, 1.807) is 11.0 Å². The van der Waals surface area contributed by atoms with Crippen molar-refractivity contribution in [3.63, 3.8) is 0 Å². The van der Waals surface area contributed by atoms with E-state index >= 15 is 0 Å². The third-order valence-corrected chi connectivity index (χ3v) is 5.77. The van der Waals surface area contributed by atoms with E-state index in [1.807, 2.05) is 37.3 Å². The Kier molecular flexibility index (Phi) is 5.15. The minimum absolute atomic E-state index is 0.0703. The fourth-order valence-electron chi connectivity index (χ4n) is 4.30. The Morgan fingerprint density at radius 3 is 2.73 bits per heavy atom. The molecule has 2 fully saturated rings. The summed E-state index contributed by atoms with van der Waals surface area (Å²) >= 11 is 0. The first-order valence-corrected chi connectivity index (χ1v) is 9.84. The molecule has 1 spiro atoms. The van der Waals surface area contributed by atoms with E-state index in [4.69, 9.17) is 10.1 Å². The minimum atomic E-state index is -0.944. The van der Waals surface area contributed by atoms with E-state index in [0.717, 1.165) is 5.56 Å². The molecule has 0 aliphatic carbocycles. The fraction of sp³-hybridized carbons (Fsp3) is 0.318. The zero-order chi connectivity index (χ0) is 21.3. The molecule has 30 heavy (non-hydrogen) atoms. The number of likely N-dealkylation sites (tertiary alicyclic amines) is 1. The number of anilines is 1. The van der Waals surface area contributed by atoms with Gasteiger partial charge in [0.15, 0.2) is 0 Å². The van der Waals surface area contributed by atoms with Crippen LogP contribution in [0.3, 0.4) is 0 Å². The molecule has 2 saturated heterocycles. The zero-order valence-electron chi connectivity index (χ0n) is 16.6. The van der Waals surface area contributed by atoms with E-state index in [0.29, 0.717) is 25.1 Å². The molecule has 2 N–H and O–H groups in total. The Morgan fingerprint density at radius 1 is 1.27 bits per heavy atom. The molecular weight excluding hydrogens is 387 g/mol. The van der Waals surface area contributed by atoms with Gasteiger partial charge in [0, 0.05) is 18.3 Å². The molecule has 2 aliphatic heterocycles. The third-order valence-electron chi connectivity index (χ3n) is 5.77. The van der Waals surface area contributed by atoms with Gasteiger partial charge in [-0.1, -0.05) is 36.4 Å². The van der Waals surface area contributed by atoms with Crippen molar-refractivity contribution in [3.8, 4) is 0 Å². The Hall–Kier alpha value is -3.42. The highest BCUT2D eigenvalue weighted by molar-refractivity contribution is 6.18. The van der Waals surface area contributed by atoms with Crippen LogP contribution in [-0.2, 0) is 11.3 Å². The summed E-state index contributed by atoms with van der Waals surface area (Å²) in [5, 5.41) is 11.0. The average molecular weight is 410 g/mol.